The van der Waals surface area contributed by atoms with Crippen molar-refractivity contribution in [2.45, 2.75) is 0 Å². The molecule has 3 aromatic carbocycles. The number of methoxy groups -OCH3 is 1. The van der Waals surface area contributed by atoms with Gasteiger partial charge in [-0.1, -0.05) is 60.7 Å². The van der Waals surface area contributed by atoms with Gasteiger partial charge in [0.15, 0.2) is 11.5 Å². The lowest BCUT2D eigenvalue weighted by molar-refractivity contribution is 0.0945. The van der Waals surface area contributed by atoms with E-state index in [1.54, 1.807) is 12.1 Å². The SMILES string of the molecule is COc1ccc(C=NNC(=O)c2nc(-c3ccccc3)cc(-c3ccccc3)n2)cc1O. The molecule has 0 fully saturated rings. The summed E-state index contributed by atoms with van der Waals surface area (Å²) >= 11 is 0. The number of rotatable bonds is 6. The molecule has 0 saturated carbocycles. The molecular formula is C25H20N4O3. The summed E-state index contributed by atoms with van der Waals surface area (Å²) in [5.74, 6) is -0.214. The number of carbonyl (C=O) groups is 1. The van der Waals surface area contributed by atoms with Crippen LogP contribution in [0.4, 0.5) is 0 Å². The van der Waals surface area contributed by atoms with Crippen LogP contribution in [-0.2, 0) is 0 Å². The van der Waals surface area contributed by atoms with Crippen molar-refractivity contribution in [1.82, 2.24) is 15.4 Å². The molecule has 0 bridgehead atoms. The molecule has 7 nitrogen and oxygen atoms in total. The van der Waals surface area contributed by atoms with Crippen molar-refractivity contribution in [3.63, 3.8) is 0 Å². The van der Waals surface area contributed by atoms with Crippen LogP contribution in [0.25, 0.3) is 22.5 Å². The number of nitrogens with one attached hydrogen (secondary N) is 1. The van der Waals surface area contributed by atoms with Crippen molar-refractivity contribution in [3.05, 3.63) is 96.3 Å². The standard InChI is InChI=1S/C25H20N4O3/c1-32-23-13-12-17(14-22(23)30)16-26-29-25(31)24-27-20(18-8-4-2-5-9-18)15-21(28-24)19-10-6-3-7-11-19/h2-16,30H,1H3,(H,29,31). The van der Waals surface area contributed by atoms with Gasteiger partial charge in [-0.2, -0.15) is 5.10 Å². The van der Waals surface area contributed by atoms with Crippen molar-refractivity contribution in [1.29, 1.82) is 0 Å². The second kappa shape index (κ2) is 9.53. The molecule has 0 unspecified atom stereocenters. The van der Waals surface area contributed by atoms with E-state index in [-0.39, 0.29) is 11.6 Å². The molecule has 1 aromatic heterocycles. The van der Waals surface area contributed by atoms with E-state index in [2.05, 4.69) is 20.5 Å². The number of amides is 1. The average Bonchev–Trinajstić information content (AvgIpc) is 2.85. The molecule has 0 saturated heterocycles. The van der Waals surface area contributed by atoms with Crippen molar-refractivity contribution >= 4 is 12.1 Å². The van der Waals surface area contributed by atoms with Gasteiger partial charge in [0.1, 0.15) is 0 Å². The normalized spacial score (nSPS) is 10.8. The van der Waals surface area contributed by atoms with Gasteiger partial charge in [-0.25, -0.2) is 15.4 Å². The summed E-state index contributed by atoms with van der Waals surface area (Å²) in [5.41, 5.74) is 6.05. The van der Waals surface area contributed by atoms with Gasteiger partial charge < -0.3 is 9.84 Å². The zero-order valence-corrected chi connectivity index (χ0v) is 17.3. The summed E-state index contributed by atoms with van der Waals surface area (Å²) in [7, 11) is 1.47. The van der Waals surface area contributed by atoms with Crippen LogP contribution in [0.5, 0.6) is 11.5 Å². The van der Waals surface area contributed by atoms with E-state index in [1.165, 1.54) is 19.4 Å². The number of phenolic OH excluding ortho intramolecular Hbond substituents is 1. The summed E-state index contributed by atoms with van der Waals surface area (Å²) in [6.45, 7) is 0. The molecule has 32 heavy (non-hydrogen) atoms. The highest BCUT2D eigenvalue weighted by Gasteiger charge is 2.14. The summed E-state index contributed by atoms with van der Waals surface area (Å²) in [6.07, 6.45) is 1.41. The highest BCUT2D eigenvalue weighted by atomic mass is 16.5. The van der Waals surface area contributed by atoms with Crippen LogP contribution in [0.15, 0.2) is 90.0 Å². The summed E-state index contributed by atoms with van der Waals surface area (Å²) in [4.78, 5) is 21.6. The zero-order valence-electron chi connectivity index (χ0n) is 17.3. The number of phenols is 1. The van der Waals surface area contributed by atoms with Crippen LogP contribution in [0.3, 0.4) is 0 Å². The van der Waals surface area contributed by atoms with E-state index >= 15 is 0 Å². The number of carbonyl (C=O) groups excluding carboxylic acids is 1. The number of hydrazone groups is 1. The van der Waals surface area contributed by atoms with E-state index in [4.69, 9.17) is 4.74 Å². The first-order chi connectivity index (χ1) is 15.6. The Morgan fingerprint density at radius 1 is 0.906 bits per heavy atom. The first kappa shape index (κ1) is 20.7. The monoisotopic (exact) mass is 424 g/mol. The molecule has 1 amide bonds. The fourth-order valence-corrected chi connectivity index (χ4v) is 3.07. The zero-order chi connectivity index (χ0) is 22.3. The van der Waals surface area contributed by atoms with E-state index in [9.17, 15) is 9.90 Å². The molecule has 0 aliphatic rings. The van der Waals surface area contributed by atoms with Gasteiger partial charge in [0.25, 0.3) is 0 Å². The Morgan fingerprint density at radius 3 is 2.03 bits per heavy atom. The highest BCUT2D eigenvalue weighted by Crippen LogP contribution is 2.26. The molecular weight excluding hydrogens is 404 g/mol. The first-order valence-electron chi connectivity index (χ1n) is 9.84. The number of aromatic hydroxyl groups is 1. The van der Waals surface area contributed by atoms with Crippen LogP contribution < -0.4 is 10.2 Å². The minimum absolute atomic E-state index is 0.0000609. The van der Waals surface area contributed by atoms with Gasteiger partial charge in [0.05, 0.1) is 24.7 Å². The van der Waals surface area contributed by atoms with Crippen molar-refractivity contribution in [2.75, 3.05) is 7.11 Å². The van der Waals surface area contributed by atoms with Gasteiger partial charge >= 0.3 is 5.91 Å². The van der Waals surface area contributed by atoms with Crippen LogP contribution in [0, 0.1) is 0 Å². The molecule has 2 N–H and O–H groups in total. The summed E-state index contributed by atoms with van der Waals surface area (Å²) in [6, 6.07) is 25.8. The molecule has 158 valence electrons. The predicted molar refractivity (Wildman–Crippen MR) is 123 cm³/mol. The number of hydrogen-bond donors (Lipinski definition) is 2. The maximum atomic E-state index is 12.8. The lowest BCUT2D eigenvalue weighted by Crippen LogP contribution is -2.21. The maximum Gasteiger partial charge on any atom is 0.309 e. The predicted octanol–water partition coefficient (Wildman–Crippen LogP) is 4.29. The fourth-order valence-electron chi connectivity index (χ4n) is 3.07. The molecule has 0 atom stereocenters. The number of nitrogens with zero attached hydrogens (tertiary/aromatic N) is 3. The second-order valence-corrected chi connectivity index (χ2v) is 6.82. The summed E-state index contributed by atoms with van der Waals surface area (Å²) < 4.78 is 5.02. The molecule has 4 aromatic rings. The third-order valence-corrected chi connectivity index (χ3v) is 4.65. The molecule has 4 rings (SSSR count). The highest BCUT2D eigenvalue weighted by molar-refractivity contribution is 5.92. The minimum Gasteiger partial charge on any atom is -0.504 e. The Hall–Kier alpha value is -4.52. The Kier molecular flexibility index (Phi) is 6.17. The van der Waals surface area contributed by atoms with Crippen LogP contribution >= 0.6 is 0 Å². The van der Waals surface area contributed by atoms with Crippen molar-refractivity contribution in [2.24, 2.45) is 5.10 Å². The largest absolute Gasteiger partial charge is 0.504 e. The van der Waals surface area contributed by atoms with E-state index < -0.39 is 5.91 Å². The minimum atomic E-state index is -0.547. The quantitative estimate of drug-likeness (QED) is 0.356. The smallest absolute Gasteiger partial charge is 0.309 e. The maximum absolute atomic E-state index is 12.8. The van der Waals surface area contributed by atoms with Gasteiger partial charge in [-0.3, -0.25) is 4.79 Å². The van der Waals surface area contributed by atoms with Gasteiger partial charge in [-0.15, -0.1) is 0 Å². The lowest BCUT2D eigenvalue weighted by Gasteiger charge is -2.08. The number of hydrogen-bond acceptors (Lipinski definition) is 6. The third kappa shape index (κ3) is 4.79. The Bertz CT molecular complexity index is 1200. The molecule has 7 heteroatoms. The fraction of sp³-hybridized carbons (Fsp3) is 0.0400. The summed E-state index contributed by atoms with van der Waals surface area (Å²) in [5, 5.41) is 13.8. The van der Waals surface area contributed by atoms with E-state index in [1.807, 2.05) is 66.7 Å². The number of ether oxygens (including phenoxy) is 1. The molecule has 0 spiro atoms. The molecule has 0 radical (unpaired) electrons. The number of aromatic nitrogens is 2. The van der Waals surface area contributed by atoms with Crippen molar-refractivity contribution < 1.29 is 14.6 Å². The average molecular weight is 424 g/mol. The molecule has 1 heterocycles. The topological polar surface area (TPSA) is 96.7 Å². The van der Waals surface area contributed by atoms with Crippen LogP contribution in [0.1, 0.15) is 16.2 Å². The first-order valence-corrected chi connectivity index (χ1v) is 9.84. The Balaban J connectivity index is 1.61. The lowest BCUT2D eigenvalue weighted by atomic mass is 10.1. The van der Waals surface area contributed by atoms with Crippen LogP contribution in [-0.4, -0.2) is 34.3 Å². The van der Waals surface area contributed by atoms with Crippen molar-refractivity contribution in [3.8, 4) is 34.0 Å². The molecule has 0 aliphatic carbocycles. The number of benzene rings is 3. The Morgan fingerprint density at radius 2 is 1.50 bits per heavy atom. The van der Waals surface area contributed by atoms with Gasteiger partial charge in [0, 0.05) is 11.1 Å². The Labute approximate surface area is 185 Å². The van der Waals surface area contributed by atoms with Crippen LogP contribution in [0.2, 0.25) is 0 Å². The van der Waals surface area contributed by atoms with Gasteiger partial charge in [-0.05, 0) is 29.8 Å². The third-order valence-electron chi connectivity index (χ3n) is 4.65. The molecule has 0 aliphatic heterocycles. The second-order valence-electron chi connectivity index (χ2n) is 6.82. The van der Waals surface area contributed by atoms with E-state index in [0.29, 0.717) is 22.7 Å². The van der Waals surface area contributed by atoms with Gasteiger partial charge in [0.2, 0.25) is 5.82 Å². The van der Waals surface area contributed by atoms with E-state index in [0.717, 1.165) is 11.1 Å².